The number of aliphatic hydroxyl groups is 1. The van der Waals surface area contributed by atoms with Crippen molar-refractivity contribution >= 4 is 28.9 Å². The number of carbonyl (C=O) groups is 2. The molecule has 1 unspecified atom stereocenters. The molecular formula is C16H15F3N2O4S. The number of rotatable bonds is 5. The number of benzene rings is 1. The molecule has 0 spiro atoms. The van der Waals surface area contributed by atoms with E-state index in [1.165, 1.54) is 24.4 Å². The molecule has 1 atom stereocenters. The second kappa shape index (κ2) is 7.04. The Hall–Kier alpha value is -2.46. The lowest BCUT2D eigenvalue weighted by atomic mass is 9.99. The number of nitrogens with zero attached hydrogens (tertiary/aromatic N) is 1. The van der Waals surface area contributed by atoms with Gasteiger partial charge in [-0.2, -0.15) is 13.2 Å². The van der Waals surface area contributed by atoms with Gasteiger partial charge in [-0.25, -0.2) is 9.78 Å². The quantitative estimate of drug-likeness (QED) is 0.730. The Bertz CT molecular complexity index is 850. The van der Waals surface area contributed by atoms with E-state index in [9.17, 15) is 27.9 Å². The number of carbonyl (C=O) groups excluding carboxylic acids is 1. The van der Waals surface area contributed by atoms with E-state index in [2.05, 4.69) is 10.3 Å². The fraction of sp³-hybridized carbons (Fsp3) is 0.312. The molecule has 0 aliphatic carbocycles. The normalized spacial score (nSPS) is 13.9. The molecule has 140 valence electrons. The number of alkyl halides is 3. The number of hydrogen-bond donors (Lipinski definition) is 3. The molecule has 6 nitrogen and oxygen atoms in total. The molecule has 2 rings (SSSR count). The van der Waals surface area contributed by atoms with Crippen LogP contribution in [0.2, 0.25) is 0 Å². The molecular weight excluding hydrogens is 373 g/mol. The summed E-state index contributed by atoms with van der Waals surface area (Å²) in [5.41, 5.74) is -2.79. The van der Waals surface area contributed by atoms with Gasteiger partial charge in [0.25, 0.3) is 0 Å². The summed E-state index contributed by atoms with van der Waals surface area (Å²) in [5, 5.41) is 22.1. The van der Waals surface area contributed by atoms with Gasteiger partial charge in [0, 0.05) is 16.8 Å². The Labute approximate surface area is 150 Å². The van der Waals surface area contributed by atoms with Crippen LogP contribution in [-0.2, 0) is 10.4 Å². The molecule has 1 amide bonds. The van der Waals surface area contributed by atoms with Crippen molar-refractivity contribution in [3.05, 3.63) is 45.4 Å². The zero-order valence-electron chi connectivity index (χ0n) is 13.7. The van der Waals surface area contributed by atoms with Gasteiger partial charge in [-0.05, 0) is 31.5 Å². The van der Waals surface area contributed by atoms with Gasteiger partial charge in [-0.3, -0.25) is 4.79 Å². The highest BCUT2D eigenvalue weighted by Gasteiger charge is 2.58. The highest BCUT2D eigenvalue weighted by atomic mass is 32.1. The Morgan fingerprint density at radius 2 is 1.92 bits per heavy atom. The first-order valence-electron chi connectivity index (χ1n) is 7.29. The van der Waals surface area contributed by atoms with Crippen molar-refractivity contribution < 1.29 is 33.0 Å². The molecule has 0 aliphatic rings. The molecule has 26 heavy (non-hydrogen) atoms. The van der Waals surface area contributed by atoms with Gasteiger partial charge >= 0.3 is 12.1 Å². The van der Waals surface area contributed by atoms with E-state index in [-0.39, 0.29) is 16.9 Å². The van der Waals surface area contributed by atoms with Crippen molar-refractivity contribution in [3.63, 3.8) is 0 Å². The first-order chi connectivity index (χ1) is 11.9. The average molecular weight is 388 g/mol. The van der Waals surface area contributed by atoms with Gasteiger partial charge in [0.15, 0.2) is 0 Å². The van der Waals surface area contributed by atoms with Crippen molar-refractivity contribution in [2.75, 3.05) is 5.32 Å². The van der Waals surface area contributed by atoms with Crippen LogP contribution >= 0.6 is 11.3 Å². The fourth-order valence-electron chi connectivity index (χ4n) is 2.21. The smallest absolute Gasteiger partial charge is 0.424 e. The third-order valence-corrected chi connectivity index (χ3v) is 4.72. The van der Waals surface area contributed by atoms with Gasteiger partial charge in [0.2, 0.25) is 11.5 Å². The number of nitrogens with one attached hydrogen (secondary N) is 1. The number of carboxylic acids is 1. The molecule has 0 radical (unpaired) electrons. The predicted molar refractivity (Wildman–Crippen MR) is 88.2 cm³/mol. The number of thiazole rings is 1. The van der Waals surface area contributed by atoms with E-state index >= 15 is 0 Å². The van der Waals surface area contributed by atoms with Crippen molar-refractivity contribution in [2.45, 2.75) is 32.0 Å². The number of anilines is 1. The maximum atomic E-state index is 13.4. The van der Waals surface area contributed by atoms with Crippen LogP contribution in [0.1, 0.15) is 33.0 Å². The first-order valence-corrected chi connectivity index (χ1v) is 8.17. The highest BCUT2D eigenvalue weighted by molar-refractivity contribution is 7.09. The summed E-state index contributed by atoms with van der Waals surface area (Å²) in [5.74, 6) is -2.36. The molecule has 1 aromatic carbocycles. The van der Waals surface area contributed by atoms with Crippen molar-refractivity contribution in [3.8, 4) is 0 Å². The zero-order valence-corrected chi connectivity index (χ0v) is 14.5. The molecule has 1 aromatic heterocycles. The third-order valence-electron chi connectivity index (χ3n) is 3.61. The summed E-state index contributed by atoms with van der Waals surface area (Å²) >= 11 is 0.601. The number of carboxylic acid groups (broad SMARTS) is 1. The number of halogens is 3. The summed E-state index contributed by atoms with van der Waals surface area (Å²) in [7, 11) is 0. The second-order valence-corrected chi connectivity index (χ2v) is 6.57. The van der Waals surface area contributed by atoms with Crippen molar-refractivity contribution in [1.82, 2.24) is 4.98 Å². The van der Waals surface area contributed by atoms with Gasteiger partial charge in [-0.1, -0.05) is 6.07 Å². The number of aryl methyl sites for hydroxylation is 2. The maximum absolute atomic E-state index is 13.4. The van der Waals surface area contributed by atoms with E-state index in [4.69, 9.17) is 5.11 Å². The molecule has 0 bridgehead atoms. The summed E-state index contributed by atoms with van der Waals surface area (Å²) < 4.78 is 40.1. The van der Waals surface area contributed by atoms with E-state index in [1.54, 1.807) is 6.92 Å². The summed E-state index contributed by atoms with van der Waals surface area (Å²) in [6.45, 7) is 3.01. The minimum absolute atomic E-state index is 0.0119. The second-order valence-electron chi connectivity index (χ2n) is 5.71. The monoisotopic (exact) mass is 388 g/mol. The highest BCUT2D eigenvalue weighted by Crippen LogP contribution is 2.43. The van der Waals surface area contributed by atoms with Crippen LogP contribution in [0.15, 0.2) is 23.6 Å². The Morgan fingerprint density at radius 1 is 1.27 bits per heavy atom. The summed E-state index contributed by atoms with van der Waals surface area (Å²) in [6, 6.07) is 3.91. The minimum atomic E-state index is -5.12. The standard InChI is InChI=1S/C16H15F3N2O4S/c1-8-3-4-10(5-11(8)13(23)24)21-12(22)6-15(25,16(17,18)19)14-20-9(2)7-26-14/h3-5,7,25H,6H2,1-2H3,(H,21,22)(H,23,24). The largest absolute Gasteiger partial charge is 0.478 e. The lowest BCUT2D eigenvalue weighted by Crippen LogP contribution is -2.45. The first kappa shape index (κ1) is 19.9. The van der Waals surface area contributed by atoms with Gasteiger partial charge in [0.1, 0.15) is 5.01 Å². The summed E-state index contributed by atoms with van der Waals surface area (Å²) in [6.07, 6.45) is -6.42. The number of aromatic nitrogens is 1. The molecule has 0 saturated carbocycles. The van der Waals surface area contributed by atoms with Crippen LogP contribution in [0.3, 0.4) is 0 Å². The molecule has 0 saturated heterocycles. The zero-order chi connectivity index (χ0) is 19.7. The third kappa shape index (κ3) is 4.02. The van der Waals surface area contributed by atoms with E-state index in [0.717, 1.165) is 6.07 Å². The molecule has 0 fully saturated rings. The topological polar surface area (TPSA) is 99.5 Å². The van der Waals surface area contributed by atoms with E-state index in [1.807, 2.05) is 0 Å². The van der Waals surface area contributed by atoms with Crippen LogP contribution < -0.4 is 5.32 Å². The summed E-state index contributed by atoms with van der Waals surface area (Å²) in [4.78, 5) is 26.8. The predicted octanol–water partition coefficient (Wildman–Crippen LogP) is 3.24. The SMILES string of the molecule is Cc1csc(C(O)(CC(=O)Nc2ccc(C)c(C(=O)O)c2)C(F)(F)F)n1. The van der Waals surface area contributed by atoms with Crippen LogP contribution in [-0.4, -0.2) is 33.2 Å². The van der Waals surface area contributed by atoms with Crippen LogP contribution in [0.4, 0.5) is 18.9 Å². The molecule has 1 heterocycles. The van der Waals surface area contributed by atoms with Crippen LogP contribution in [0, 0.1) is 13.8 Å². The van der Waals surface area contributed by atoms with Gasteiger partial charge in [0.05, 0.1) is 12.0 Å². The number of aromatic carboxylic acids is 1. The Balaban J connectivity index is 2.26. The van der Waals surface area contributed by atoms with Gasteiger partial charge < -0.3 is 15.5 Å². The number of hydrogen-bond acceptors (Lipinski definition) is 5. The molecule has 2 aromatic rings. The van der Waals surface area contributed by atoms with E-state index < -0.39 is 35.1 Å². The molecule has 10 heteroatoms. The fourth-order valence-corrected chi connectivity index (χ4v) is 3.12. The minimum Gasteiger partial charge on any atom is -0.478 e. The van der Waals surface area contributed by atoms with Crippen LogP contribution in [0.25, 0.3) is 0 Å². The van der Waals surface area contributed by atoms with Crippen molar-refractivity contribution in [1.29, 1.82) is 0 Å². The molecule has 0 aliphatic heterocycles. The average Bonchev–Trinajstić information content (AvgIpc) is 2.94. The Morgan fingerprint density at radius 3 is 2.42 bits per heavy atom. The van der Waals surface area contributed by atoms with Crippen molar-refractivity contribution in [2.24, 2.45) is 0 Å². The van der Waals surface area contributed by atoms with E-state index in [0.29, 0.717) is 16.9 Å². The van der Waals surface area contributed by atoms with Crippen LogP contribution in [0.5, 0.6) is 0 Å². The Kier molecular flexibility index (Phi) is 5.38. The molecule has 3 N–H and O–H groups in total. The van der Waals surface area contributed by atoms with Gasteiger partial charge in [-0.15, -0.1) is 11.3 Å². The maximum Gasteiger partial charge on any atom is 0.424 e. The number of amides is 1. The lowest BCUT2D eigenvalue weighted by Gasteiger charge is -2.27. The lowest BCUT2D eigenvalue weighted by molar-refractivity contribution is -0.266.